The van der Waals surface area contributed by atoms with E-state index >= 15 is 0 Å². The Labute approximate surface area is 117 Å². The van der Waals surface area contributed by atoms with Gasteiger partial charge in [0.1, 0.15) is 5.82 Å². The molecule has 1 unspecified atom stereocenters. The number of hydrogen-bond donors (Lipinski definition) is 1. The Hall–Kier alpha value is -0.930. The van der Waals surface area contributed by atoms with E-state index in [2.05, 4.69) is 38.0 Å². The first kappa shape index (κ1) is 16.1. The number of rotatable bonds is 7. The van der Waals surface area contributed by atoms with Crippen molar-refractivity contribution in [3.05, 3.63) is 35.6 Å². The predicted molar refractivity (Wildman–Crippen MR) is 79.8 cm³/mol. The summed E-state index contributed by atoms with van der Waals surface area (Å²) in [6.45, 7) is 7.76. The third-order valence-electron chi connectivity index (χ3n) is 4.27. The monoisotopic (exact) mass is 266 g/mol. The van der Waals surface area contributed by atoms with E-state index in [1.807, 2.05) is 19.2 Å². The van der Waals surface area contributed by atoms with E-state index < -0.39 is 0 Å². The van der Waals surface area contributed by atoms with Gasteiger partial charge in [0.05, 0.1) is 0 Å². The molecule has 108 valence electrons. The van der Waals surface area contributed by atoms with Gasteiger partial charge in [-0.25, -0.2) is 4.39 Å². The maximum absolute atomic E-state index is 12.9. The molecular weight excluding hydrogens is 239 g/mol. The summed E-state index contributed by atoms with van der Waals surface area (Å²) in [6, 6.07) is 7.05. The van der Waals surface area contributed by atoms with Crippen molar-refractivity contribution in [1.29, 1.82) is 0 Å². The average molecular weight is 266 g/mol. The van der Waals surface area contributed by atoms with Gasteiger partial charge in [-0.15, -0.1) is 0 Å². The van der Waals surface area contributed by atoms with Crippen molar-refractivity contribution < 1.29 is 4.39 Å². The number of hydrogen-bond acceptors (Lipinski definition) is 2. The van der Waals surface area contributed by atoms with E-state index in [4.69, 9.17) is 0 Å². The van der Waals surface area contributed by atoms with Crippen molar-refractivity contribution >= 4 is 0 Å². The van der Waals surface area contributed by atoms with E-state index in [1.54, 1.807) is 0 Å². The molecule has 0 amide bonds. The molecule has 3 heteroatoms. The smallest absolute Gasteiger partial charge is 0.123 e. The minimum absolute atomic E-state index is 0.178. The van der Waals surface area contributed by atoms with E-state index in [0.29, 0.717) is 0 Å². The minimum atomic E-state index is -0.178. The Morgan fingerprint density at radius 3 is 2.32 bits per heavy atom. The van der Waals surface area contributed by atoms with Gasteiger partial charge in [-0.2, -0.15) is 0 Å². The van der Waals surface area contributed by atoms with Gasteiger partial charge in [-0.05, 0) is 58.5 Å². The normalized spacial score (nSPS) is 13.8. The molecule has 1 N–H and O–H groups in total. The fraction of sp³-hybridized carbons (Fsp3) is 0.625. The molecule has 0 heterocycles. The minimum Gasteiger partial charge on any atom is -0.313 e. The molecule has 0 aliphatic heterocycles. The van der Waals surface area contributed by atoms with Crippen LogP contribution in [-0.4, -0.2) is 31.1 Å². The Kier molecular flexibility index (Phi) is 5.95. The Morgan fingerprint density at radius 1 is 1.26 bits per heavy atom. The zero-order valence-corrected chi connectivity index (χ0v) is 12.8. The van der Waals surface area contributed by atoms with Gasteiger partial charge in [0, 0.05) is 18.1 Å². The van der Waals surface area contributed by atoms with Gasteiger partial charge in [0.15, 0.2) is 0 Å². The van der Waals surface area contributed by atoms with Crippen molar-refractivity contribution in [2.45, 2.75) is 45.2 Å². The van der Waals surface area contributed by atoms with E-state index in [1.165, 1.54) is 12.1 Å². The average Bonchev–Trinajstić information content (AvgIpc) is 2.41. The van der Waals surface area contributed by atoms with Crippen LogP contribution in [0.4, 0.5) is 4.39 Å². The maximum atomic E-state index is 12.9. The molecular formula is C16H27FN2. The van der Waals surface area contributed by atoms with Gasteiger partial charge in [-0.3, -0.25) is 0 Å². The lowest BCUT2D eigenvalue weighted by Crippen LogP contribution is -2.41. The summed E-state index contributed by atoms with van der Waals surface area (Å²) in [6.07, 6.45) is 2.15. The fourth-order valence-corrected chi connectivity index (χ4v) is 2.07. The molecule has 19 heavy (non-hydrogen) atoms. The Morgan fingerprint density at radius 2 is 1.84 bits per heavy atom. The van der Waals surface area contributed by atoms with Gasteiger partial charge in [0.25, 0.3) is 0 Å². The van der Waals surface area contributed by atoms with Crippen molar-refractivity contribution in [2.75, 3.05) is 20.6 Å². The summed E-state index contributed by atoms with van der Waals surface area (Å²) in [4.78, 5) is 2.39. The number of benzene rings is 1. The fourth-order valence-electron chi connectivity index (χ4n) is 2.07. The van der Waals surface area contributed by atoms with Crippen LogP contribution in [0.1, 0.15) is 45.2 Å². The van der Waals surface area contributed by atoms with Gasteiger partial charge in [-0.1, -0.05) is 19.1 Å². The largest absolute Gasteiger partial charge is 0.313 e. The Balaban J connectivity index is 2.61. The van der Waals surface area contributed by atoms with E-state index in [9.17, 15) is 4.39 Å². The lowest BCUT2D eigenvalue weighted by molar-refractivity contribution is 0.144. The van der Waals surface area contributed by atoms with E-state index in [0.717, 1.165) is 24.9 Å². The molecule has 1 aromatic rings. The standard InChI is InChI=1S/C16H27FN2/c1-6-16(2,3)19(5)12-11-15(18-4)13-7-9-14(17)10-8-13/h7-10,15,18H,6,11-12H2,1-5H3. The van der Waals surface area contributed by atoms with Crippen LogP contribution in [0.2, 0.25) is 0 Å². The molecule has 0 aliphatic rings. The van der Waals surface area contributed by atoms with Crippen LogP contribution in [0.15, 0.2) is 24.3 Å². The summed E-state index contributed by atoms with van der Waals surface area (Å²) >= 11 is 0. The van der Waals surface area contributed by atoms with Crippen molar-refractivity contribution in [2.24, 2.45) is 0 Å². The van der Waals surface area contributed by atoms with Crippen molar-refractivity contribution in [3.8, 4) is 0 Å². The third-order valence-corrected chi connectivity index (χ3v) is 4.27. The molecule has 0 radical (unpaired) electrons. The molecule has 0 fully saturated rings. The third kappa shape index (κ3) is 4.59. The summed E-state index contributed by atoms with van der Waals surface area (Å²) in [5.41, 5.74) is 1.37. The first-order valence-corrected chi connectivity index (χ1v) is 7.04. The summed E-state index contributed by atoms with van der Waals surface area (Å²) in [5, 5.41) is 3.31. The molecule has 1 rings (SSSR count). The van der Waals surface area contributed by atoms with Crippen LogP contribution < -0.4 is 5.32 Å². The van der Waals surface area contributed by atoms with Crippen molar-refractivity contribution in [3.63, 3.8) is 0 Å². The highest BCUT2D eigenvalue weighted by Crippen LogP contribution is 2.21. The van der Waals surface area contributed by atoms with Gasteiger partial charge >= 0.3 is 0 Å². The first-order valence-electron chi connectivity index (χ1n) is 7.04. The molecule has 0 saturated carbocycles. The van der Waals surface area contributed by atoms with Crippen LogP contribution in [0.5, 0.6) is 0 Å². The molecule has 0 aromatic heterocycles. The van der Waals surface area contributed by atoms with Gasteiger partial charge in [0.2, 0.25) is 0 Å². The van der Waals surface area contributed by atoms with Crippen molar-refractivity contribution in [1.82, 2.24) is 10.2 Å². The molecule has 0 bridgehead atoms. The molecule has 1 atom stereocenters. The quantitative estimate of drug-likeness (QED) is 0.811. The van der Waals surface area contributed by atoms with Gasteiger partial charge < -0.3 is 10.2 Å². The highest BCUT2D eigenvalue weighted by atomic mass is 19.1. The zero-order valence-electron chi connectivity index (χ0n) is 12.8. The highest BCUT2D eigenvalue weighted by molar-refractivity contribution is 5.19. The summed E-state index contributed by atoms with van der Waals surface area (Å²) < 4.78 is 12.9. The SMILES string of the molecule is CCC(C)(C)N(C)CCC(NC)c1ccc(F)cc1. The molecule has 2 nitrogen and oxygen atoms in total. The second-order valence-corrected chi connectivity index (χ2v) is 5.77. The second kappa shape index (κ2) is 7.01. The molecule has 0 spiro atoms. The maximum Gasteiger partial charge on any atom is 0.123 e. The summed E-state index contributed by atoms with van der Waals surface area (Å²) in [5.74, 6) is -0.178. The van der Waals surface area contributed by atoms with E-state index in [-0.39, 0.29) is 17.4 Å². The number of halogens is 1. The number of nitrogens with one attached hydrogen (secondary N) is 1. The van der Waals surface area contributed by atoms with Crippen LogP contribution in [0.25, 0.3) is 0 Å². The predicted octanol–water partition coefficient (Wildman–Crippen LogP) is 3.60. The topological polar surface area (TPSA) is 15.3 Å². The summed E-state index contributed by atoms with van der Waals surface area (Å²) in [7, 11) is 4.12. The molecule has 0 saturated heterocycles. The highest BCUT2D eigenvalue weighted by Gasteiger charge is 2.21. The molecule has 0 aliphatic carbocycles. The van der Waals surface area contributed by atoms with Crippen LogP contribution in [0.3, 0.4) is 0 Å². The zero-order chi connectivity index (χ0) is 14.5. The first-order chi connectivity index (χ1) is 8.90. The number of nitrogens with zero attached hydrogens (tertiary/aromatic N) is 1. The lowest BCUT2D eigenvalue weighted by atomic mass is 9.98. The second-order valence-electron chi connectivity index (χ2n) is 5.77. The van der Waals surface area contributed by atoms with Crippen LogP contribution in [0, 0.1) is 5.82 Å². The van der Waals surface area contributed by atoms with Crippen LogP contribution >= 0.6 is 0 Å². The Bertz CT molecular complexity index is 373. The molecule has 1 aromatic carbocycles. The van der Waals surface area contributed by atoms with Crippen LogP contribution in [-0.2, 0) is 0 Å². The lowest BCUT2D eigenvalue weighted by Gasteiger charge is -2.35.